The molecule has 2 heterocycles. The molecule has 1 aliphatic rings. The fourth-order valence-electron chi connectivity index (χ4n) is 2.11. The fraction of sp³-hybridized carbons (Fsp3) is 0. The molecular formula is C18H11N3. The van der Waals surface area contributed by atoms with Crippen molar-refractivity contribution in [3.63, 3.8) is 0 Å². The first-order valence-corrected chi connectivity index (χ1v) is 6.70. The van der Waals surface area contributed by atoms with E-state index in [1.165, 1.54) is 0 Å². The minimum absolute atomic E-state index is 0.830. The Morgan fingerprint density at radius 2 is 1.81 bits per heavy atom. The van der Waals surface area contributed by atoms with Crippen LogP contribution < -0.4 is 0 Å². The van der Waals surface area contributed by atoms with Gasteiger partial charge in [0.05, 0.1) is 11.3 Å². The van der Waals surface area contributed by atoms with Gasteiger partial charge in [-0.2, -0.15) is 5.10 Å². The zero-order chi connectivity index (χ0) is 14.1. The summed E-state index contributed by atoms with van der Waals surface area (Å²) in [5.41, 5.74) is 4.75. The van der Waals surface area contributed by atoms with Crippen LogP contribution in [0.3, 0.4) is 0 Å². The van der Waals surface area contributed by atoms with Crippen LogP contribution in [-0.4, -0.2) is 14.6 Å². The van der Waals surface area contributed by atoms with E-state index in [0.29, 0.717) is 0 Å². The molecular weight excluding hydrogens is 258 g/mol. The van der Waals surface area contributed by atoms with Crippen molar-refractivity contribution in [2.75, 3.05) is 0 Å². The maximum absolute atomic E-state index is 4.52. The molecule has 3 nitrogen and oxygen atoms in total. The first kappa shape index (κ1) is 11.7. The van der Waals surface area contributed by atoms with E-state index < -0.39 is 0 Å². The molecule has 4 rings (SSSR count). The molecule has 0 N–H and O–H groups in total. The minimum Gasteiger partial charge on any atom is -0.236 e. The van der Waals surface area contributed by atoms with Crippen molar-refractivity contribution >= 4 is 11.2 Å². The zero-order valence-electron chi connectivity index (χ0n) is 11.2. The van der Waals surface area contributed by atoms with Crippen molar-refractivity contribution in [1.29, 1.82) is 0 Å². The fourth-order valence-corrected chi connectivity index (χ4v) is 2.11. The highest BCUT2D eigenvalue weighted by molar-refractivity contribution is 5.80. The number of hydrogen-bond acceptors (Lipinski definition) is 2. The van der Waals surface area contributed by atoms with Gasteiger partial charge in [0.25, 0.3) is 0 Å². The number of aromatic nitrogens is 3. The molecule has 0 bridgehead atoms. The van der Waals surface area contributed by atoms with Crippen LogP contribution in [0.5, 0.6) is 0 Å². The Kier molecular flexibility index (Phi) is 2.65. The number of allylic oxidation sites excluding steroid dienone is 4. The lowest BCUT2D eigenvalue weighted by molar-refractivity contribution is 0.927. The Hall–Kier alpha value is -3.12. The summed E-state index contributed by atoms with van der Waals surface area (Å²) in [5.74, 6) is 6.24. The predicted molar refractivity (Wildman–Crippen MR) is 82.5 cm³/mol. The van der Waals surface area contributed by atoms with Crippen molar-refractivity contribution in [3.8, 4) is 11.8 Å². The molecule has 0 fully saturated rings. The van der Waals surface area contributed by atoms with Crippen LogP contribution in [0, 0.1) is 11.8 Å². The third kappa shape index (κ3) is 2.24. The predicted octanol–water partition coefficient (Wildman–Crippen LogP) is 3.08. The second kappa shape index (κ2) is 4.77. The Labute approximate surface area is 122 Å². The van der Waals surface area contributed by atoms with Gasteiger partial charge in [0, 0.05) is 29.6 Å². The minimum atomic E-state index is 0.830. The van der Waals surface area contributed by atoms with Crippen LogP contribution in [-0.2, 0) is 0 Å². The maximum atomic E-state index is 4.52. The Morgan fingerprint density at radius 1 is 1.00 bits per heavy atom. The van der Waals surface area contributed by atoms with Gasteiger partial charge in [-0.1, -0.05) is 48.3 Å². The summed E-state index contributed by atoms with van der Waals surface area (Å²) in [6.45, 7) is 0. The summed E-state index contributed by atoms with van der Waals surface area (Å²) in [6.07, 6.45) is 9.77. The summed E-state index contributed by atoms with van der Waals surface area (Å²) in [6, 6.07) is 11.9. The van der Waals surface area contributed by atoms with Crippen LogP contribution in [0.25, 0.3) is 11.2 Å². The van der Waals surface area contributed by atoms with Gasteiger partial charge < -0.3 is 0 Å². The Balaban J connectivity index is 1.69. The van der Waals surface area contributed by atoms with Crippen molar-refractivity contribution in [2.24, 2.45) is 0 Å². The van der Waals surface area contributed by atoms with Crippen molar-refractivity contribution in [2.45, 2.75) is 0 Å². The molecule has 3 aromatic rings. The molecule has 0 saturated heterocycles. The van der Waals surface area contributed by atoms with Crippen LogP contribution in [0.4, 0.5) is 0 Å². The van der Waals surface area contributed by atoms with Gasteiger partial charge in [-0.05, 0) is 12.1 Å². The standard InChI is InChI=1S/C18H11N3/c1-2-5-14(6-3-1)9-10-15-12-19-18-11-17(16-7-4-8-16)20-21(18)13-15/h1-8,11-13H. The zero-order valence-corrected chi connectivity index (χ0v) is 11.2. The first-order chi connectivity index (χ1) is 10.4. The van der Waals surface area contributed by atoms with Crippen molar-refractivity contribution < 1.29 is 0 Å². The van der Waals surface area contributed by atoms with Gasteiger partial charge in [-0.15, -0.1) is 0 Å². The Bertz CT molecular complexity index is 935. The largest absolute Gasteiger partial charge is 0.236 e. The second-order valence-corrected chi connectivity index (χ2v) is 4.77. The van der Waals surface area contributed by atoms with Gasteiger partial charge in [0.1, 0.15) is 0 Å². The molecule has 1 aromatic carbocycles. The third-order valence-electron chi connectivity index (χ3n) is 3.29. The lowest BCUT2D eigenvalue weighted by atomic mass is 10.1. The highest BCUT2D eigenvalue weighted by Gasteiger charge is 2.08. The van der Waals surface area contributed by atoms with Crippen LogP contribution in [0.15, 0.2) is 67.0 Å². The average Bonchev–Trinajstić information content (AvgIpc) is 2.86. The summed E-state index contributed by atoms with van der Waals surface area (Å²) in [4.78, 5) is 4.40. The van der Waals surface area contributed by atoms with Gasteiger partial charge in [-0.3, -0.25) is 0 Å². The number of fused-ring (bicyclic) bond motifs is 1. The quantitative estimate of drug-likeness (QED) is 0.635. The molecule has 0 unspecified atom stereocenters. The summed E-state index contributed by atoms with van der Waals surface area (Å²) in [7, 11) is 0. The lowest BCUT2D eigenvalue weighted by Crippen LogP contribution is -1.92. The monoisotopic (exact) mass is 269 g/mol. The molecule has 1 aliphatic carbocycles. The lowest BCUT2D eigenvalue weighted by Gasteiger charge is -2.00. The molecule has 3 heteroatoms. The van der Waals surface area contributed by atoms with E-state index in [9.17, 15) is 0 Å². The van der Waals surface area contributed by atoms with E-state index in [2.05, 4.69) is 21.9 Å². The van der Waals surface area contributed by atoms with Crippen molar-refractivity contribution in [1.82, 2.24) is 14.6 Å². The van der Waals surface area contributed by atoms with Crippen LogP contribution in [0.2, 0.25) is 0 Å². The first-order valence-electron chi connectivity index (χ1n) is 6.70. The molecule has 0 spiro atoms. The average molecular weight is 269 g/mol. The van der Waals surface area contributed by atoms with E-state index in [-0.39, 0.29) is 0 Å². The molecule has 98 valence electrons. The van der Waals surface area contributed by atoms with E-state index in [4.69, 9.17) is 0 Å². The number of hydrogen-bond donors (Lipinski definition) is 0. The van der Waals surface area contributed by atoms with Gasteiger partial charge >= 0.3 is 0 Å². The topological polar surface area (TPSA) is 30.2 Å². The molecule has 21 heavy (non-hydrogen) atoms. The number of benzene rings is 1. The number of rotatable bonds is 1. The van der Waals surface area contributed by atoms with E-state index in [1.54, 1.807) is 10.7 Å². The Morgan fingerprint density at radius 3 is 2.57 bits per heavy atom. The second-order valence-electron chi connectivity index (χ2n) is 4.77. The highest BCUT2D eigenvalue weighted by Crippen LogP contribution is 2.21. The third-order valence-corrected chi connectivity index (χ3v) is 3.29. The van der Waals surface area contributed by atoms with Gasteiger partial charge in [-0.25, -0.2) is 9.50 Å². The maximum Gasteiger partial charge on any atom is 0.155 e. The van der Waals surface area contributed by atoms with E-state index in [1.807, 2.05) is 60.8 Å². The van der Waals surface area contributed by atoms with Gasteiger partial charge in [0.15, 0.2) is 5.65 Å². The molecule has 0 atom stereocenters. The SMILES string of the molecule is C(#Cc1cnc2cc(C3=CC=C3)nn2c1)c1ccccc1. The molecule has 0 aliphatic heterocycles. The molecule has 0 amide bonds. The normalized spacial score (nSPS) is 12.5. The highest BCUT2D eigenvalue weighted by atomic mass is 15.2. The van der Waals surface area contributed by atoms with Crippen LogP contribution in [0.1, 0.15) is 16.8 Å². The summed E-state index contributed by atoms with van der Waals surface area (Å²) >= 11 is 0. The molecule has 2 aromatic heterocycles. The van der Waals surface area contributed by atoms with E-state index in [0.717, 1.165) is 28.0 Å². The van der Waals surface area contributed by atoms with Crippen LogP contribution >= 0.6 is 0 Å². The summed E-state index contributed by atoms with van der Waals surface area (Å²) < 4.78 is 1.78. The van der Waals surface area contributed by atoms with Gasteiger partial charge in [0.2, 0.25) is 0 Å². The van der Waals surface area contributed by atoms with Crippen molar-refractivity contribution in [3.05, 3.63) is 83.8 Å². The molecule has 0 saturated carbocycles. The number of nitrogens with zero attached hydrogens (tertiary/aromatic N) is 3. The summed E-state index contributed by atoms with van der Waals surface area (Å²) in [5, 5.41) is 4.52. The smallest absolute Gasteiger partial charge is 0.155 e. The molecule has 0 radical (unpaired) electrons. The van der Waals surface area contributed by atoms with E-state index >= 15 is 0 Å².